The van der Waals surface area contributed by atoms with Gasteiger partial charge in [-0.15, -0.1) is 0 Å². The summed E-state index contributed by atoms with van der Waals surface area (Å²) in [6.45, 7) is 4.64. The van der Waals surface area contributed by atoms with Gasteiger partial charge < -0.3 is 9.80 Å². The lowest BCUT2D eigenvalue weighted by molar-refractivity contribution is 0.0737. The lowest BCUT2D eigenvalue weighted by Gasteiger charge is -2.36. The molecule has 1 aliphatic heterocycles. The highest BCUT2D eigenvalue weighted by Crippen LogP contribution is 2.25. The Hall–Kier alpha value is -3.64. The number of nitrogens with zero attached hydrogens (tertiary/aromatic N) is 4. The Morgan fingerprint density at radius 3 is 2.26 bits per heavy atom. The number of carbonyl (C=O) groups excluding carboxylic acids is 1. The summed E-state index contributed by atoms with van der Waals surface area (Å²) < 4.78 is 15.1. The van der Waals surface area contributed by atoms with Crippen LogP contribution in [-0.4, -0.2) is 46.8 Å². The first kappa shape index (κ1) is 22.2. The van der Waals surface area contributed by atoms with Crippen LogP contribution in [0, 0.1) is 12.7 Å². The molecule has 0 aliphatic carbocycles. The number of hydrogen-bond donors (Lipinski definition) is 0. The fraction of sp³-hybridized carbons (Fsp3) is 0.185. The van der Waals surface area contributed by atoms with E-state index in [0.717, 1.165) is 35.6 Å². The predicted molar refractivity (Wildman–Crippen MR) is 133 cm³/mol. The van der Waals surface area contributed by atoms with Crippen molar-refractivity contribution in [3.8, 4) is 16.9 Å². The normalized spacial score (nSPS) is 13.9. The van der Waals surface area contributed by atoms with E-state index in [9.17, 15) is 9.18 Å². The first-order chi connectivity index (χ1) is 16.5. The van der Waals surface area contributed by atoms with Crippen molar-refractivity contribution in [3.05, 3.63) is 101 Å². The second-order valence-corrected chi connectivity index (χ2v) is 8.86. The van der Waals surface area contributed by atoms with E-state index in [2.05, 4.69) is 4.90 Å². The molecular formula is C27H24ClFN4O. The number of amides is 1. The standard InChI is InChI=1S/C27H24ClFN4O/c1-19-5-11-23(12-6-19)33-26(18-25(30-33)20-7-9-22(29)10-8-20)27(34)32-15-13-31(14-16-32)24-4-2-3-21(28)17-24/h2-12,17-18H,13-16H2,1H3. The smallest absolute Gasteiger partial charge is 0.272 e. The number of hydrogen-bond acceptors (Lipinski definition) is 3. The van der Waals surface area contributed by atoms with Crippen LogP contribution in [0.25, 0.3) is 16.9 Å². The lowest BCUT2D eigenvalue weighted by Crippen LogP contribution is -2.49. The molecule has 0 N–H and O–H groups in total. The molecular weight excluding hydrogens is 451 g/mol. The van der Waals surface area contributed by atoms with Gasteiger partial charge in [0, 0.05) is 42.5 Å². The Kier molecular flexibility index (Phi) is 6.07. The maximum atomic E-state index is 13.6. The fourth-order valence-corrected chi connectivity index (χ4v) is 4.37. The zero-order chi connectivity index (χ0) is 23.7. The van der Waals surface area contributed by atoms with E-state index >= 15 is 0 Å². The number of piperazine rings is 1. The van der Waals surface area contributed by atoms with Crippen molar-refractivity contribution in [2.45, 2.75) is 6.92 Å². The maximum absolute atomic E-state index is 13.6. The topological polar surface area (TPSA) is 41.4 Å². The van der Waals surface area contributed by atoms with Crippen LogP contribution in [-0.2, 0) is 0 Å². The summed E-state index contributed by atoms with van der Waals surface area (Å²) in [5, 5.41) is 5.42. The first-order valence-corrected chi connectivity index (χ1v) is 11.6. The first-order valence-electron chi connectivity index (χ1n) is 11.2. The van der Waals surface area contributed by atoms with E-state index in [1.807, 2.05) is 60.4 Å². The average molecular weight is 475 g/mol. The van der Waals surface area contributed by atoms with Gasteiger partial charge in [0.2, 0.25) is 0 Å². The third kappa shape index (κ3) is 4.54. The molecule has 1 amide bonds. The summed E-state index contributed by atoms with van der Waals surface area (Å²) in [4.78, 5) is 17.7. The highest BCUT2D eigenvalue weighted by atomic mass is 35.5. The molecule has 172 valence electrons. The number of benzene rings is 3. The summed E-state index contributed by atoms with van der Waals surface area (Å²) in [6, 6.07) is 23.6. The van der Waals surface area contributed by atoms with Crippen LogP contribution in [0.15, 0.2) is 78.9 Å². The van der Waals surface area contributed by atoms with Crippen molar-refractivity contribution in [1.29, 1.82) is 0 Å². The van der Waals surface area contributed by atoms with Crippen LogP contribution in [0.2, 0.25) is 5.02 Å². The molecule has 5 rings (SSSR count). The van der Waals surface area contributed by atoms with Crippen molar-refractivity contribution in [3.63, 3.8) is 0 Å². The molecule has 34 heavy (non-hydrogen) atoms. The van der Waals surface area contributed by atoms with Crippen LogP contribution in [0.1, 0.15) is 16.1 Å². The van der Waals surface area contributed by atoms with Crippen LogP contribution in [0.5, 0.6) is 0 Å². The van der Waals surface area contributed by atoms with Crippen molar-refractivity contribution in [2.24, 2.45) is 0 Å². The van der Waals surface area contributed by atoms with Gasteiger partial charge in [0.15, 0.2) is 0 Å². The maximum Gasteiger partial charge on any atom is 0.272 e. The number of aromatic nitrogens is 2. The summed E-state index contributed by atoms with van der Waals surface area (Å²) in [5.41, 5.74) is 4.86. The molecule has 3 aromatic carbocycles. The molecule has 4 aromatic rings. The van der Waals surface area contributed by atoms with Crippen molar-refractivity contribution in [2.75, 3.05) is 31.1 Å². The van der Waals surface area contributed by atoms with Crippen molar-refractivity contribution < 1.29 is 9.18 Å². The third-order valence-corrected chi connectivity index (χ3v) is 6.32. The fourth-order valence-electron chi connectivity index (χ4n) is 4.18. The molecule has 0 spiro atoms. The Labute approximate surface area is 203 Å². The van der Waals surface area contributed by atoms with E-state index in [0.29, 0.717) is 29.5 Å². The van der Waals surface area contributed by atoms with Crippen LogP contribution in [0.4, 0.5) is 10.1 Å². The second kappa shape index (κ2) is 9.31. The molecule has 1 fully saturated rings. The number of anilines is 1. The van der Waals surface area contributed by atoms with E-state index < -0.39 is 0 Å². The highest BCUT2D eigenvalue weighted by Gasteiger charge is 2.26. The zero-order valence-corrected chi connectivity index (χ0v) is 19.5. The van der Waals surface area contributed by atoms with E-state index in [1.54, 1.807) is 22.9 Å². The SMILES string of the molecule is Cc1ccc(-n2nc(-c3ccc(F)cc3)cc2C(=O)N2CCN(c3cccc(Cl)c3)CC2)cc1. The predicted octanol–water partition coefficient (Wildman–Crippen LogP) is 5.60. The Balaban J connectivity index is 1.43. The molecule has 1 aromatic heterocycles. The van der Waals surface area contributed by atoms with Crippen molar-refractivity contribution >= 4 is 23.2 Å². The third-order valence-electron chi connectivity index (χ3n) is 6.09. The zero-order valence-electron chi connectivity index (χ0n) is 18.8. The Morgan fingerprint density at radius 2 is 1.59 bits per heavy atom. The lowest BCUT2D eigenvalue weighted by atomic mass is 10.1. The number of aryl methyl sites for hydroxylation is 1. The largest absolute Gasteiger partial charge is 0.368 e. The van der Waals surface area contributed by atoms with Gasteiger partial charge in [0.05, 0.1) is 11.4 Å². The summed E-state index contributed by atoms with van der Waals surface area (Å²) >= 11 is 6.15. The minimum Gasteiger partial charge on any atom is -0.368 e. The molecule has 1 aliphatic rings. The van der Waals surface area contributed by atoms with E-state index in [-0.39, 0.29) is 11.7 Å². The van der Waals surface area contributed by atoms with Crippen LogP contribution in [0.3, 0.4) is 0 Å². The van der Waals surface area contributed by atoms with Crippen LogP contribution < -0.4 is 4.90 Å². The van der Waals surface area contributed by atoms with Gasteiger partial charge in [-0.25, -0.2) is 9.07 Å². The van der Waals surface area contributed by atoms with E-state index in [4.69, 9.17) is 16.7 Å². The molecule has 0 bridgehead atoms. The Bertz CT molecular complexity index is 1310. The molecule has 0 radical (unpaired) electrons. The van der Waals surface area contributed by atoms with Gasteiger partial charge in [-0.05, 0) is 67.6 Å². The minimum absolute atomic E-state index is 0.0767. The van der Waals surface area contributed by atoms with Gasteiger partial charge in [-0.3, -0.25) is 4.79 Å². The monoisotopic (exact) mass is 474 g/mol. The quantitative estimate of drug-likeness (QED) is 0.386. The van der Waals surface area contributed by atoms with Gasteiger partial charge in [0.25, 0.3) is 5.91 Å². The van der Waals surface area contributed by atoms with Crippen molar-refractivity contribution in [1.82, 2.24) is 14.7 Å². The molecule has 1 saturated heterocycles. The summed E-state index contributed by atoms with van der Waals surface area (Å²) in [5.74, 6) is -0.386. The molecule has 0 atom stereocenters. The molecule has 5 nitrogen and oxygen atoms in total. The molecule has 0 unspecified atom stereocenters. The minimum atomic E-state index is -0.310. The average Bonchev–Trinajstić information content (AvgIpc) is 3.30. The number of rotatable bonds is 4. The second-order valence-electron chi connectivity index (χ2n) is 8.43. The van der Waals surface area contributed by atoms with E-state index in [1.165, 1.54) is 12.1 Å². The van der Waals surface area contributed by atoms with Gasteiger partial charge in [-0.1, -0.05) is 35.4 Å². The summed E-state index contributed by atoms with van der Waals surface area (Å²) in [6.07, 6.45) is 0. The van der Waals surface area contributed by atoms with Crippen LogP contribution >= 0.6 is 11.6 Å². The number of halogens is 2. The summed E-state index contributed by atoms with van der Waals surface area (Å²) in [7, 11) is 0. The molecule has 0 saturated carbocycles. The van der Waals surface area contributed by atoms with Gasteiger partial charge in [0.1, 0.15) is 11.5 Å². The van der Waals surface area contributed by atoms with Gasteiger partial charge >= 0.3 is 0 Å². The Morgan fingerprint density at radius 1 is 0.882 bits per heavy atom. The number of carbonyl (C=O) groups is 1. The van der Waals surface area contributed by atoms with Gasteiger partial charge in [-0.2, -0.15) is 5.10 Å². The highest BCUT2D eigenvalue weighted by molar-refractivity contribution is 6.30. The molecule has 2 heterocycles. The molecule has 7 heteroatoms.